The third kappa shape index (κ3) is 60.1. The van der Waals surface area contributed by atoms with Gasteiger partial charge in [0.2, 0.25) is 0 Å². The summed E-state index contributed by atoms with van der Waals surface area (Å²) in [6.07, 6.45) is 76.8. The van der Waals surface area contributed by atoms with Crippen molar-refractivity contribution in [2.24, 2.45) is 0 Å². The van der Waals surface area contributed by atoms with E-state index in [1.807, 2.05) is 0 Å². The number of carbonyl (C=O) groups is 3. The zero-order valence-electron chi connectivity index (χ0n) is 48.9. The molecule has 0 bridgehead atoms. The molecule has 0 aromatic heterocycles. The van der Waals surface area contributed by atoms with Gasteiger partial charge in [-0.3, -0.25) is 14.4 Å². The lowest BCUT2D eigenvalue weighted by Crippen LogP contribution is -2.30. The van der Waals surface area contributed by atoms with E-state index >= 15 is 0 Å². The van der Waals surface area contributed by atoms with E-state index in [0.717, 1.165) is 70.6 Å². The SMILES string of the molecule is CCCCC/C=C\C/C=C\CCCCCCCCCC(=O)OC[C@H](COC(=O)CCCCCCCCC/C=C\CCCCCCCC)OC(=O)CCCCCCCCCCCCC/C=C\CCCCCCCC. The molecule has 0 saturated carbocycles. The van der Waals surface area contributed by atoms with Crippen molar-refractivity contribution in [3.05, 3.63) is 48.6 Å². The minimum atomic E-state index is -0.779. The zero-order valence-corrected chi connectivity index (χ0v) is 48.9. The van der Waals surface area contributed by atoms with Crippen molar-refractivity contribution in [3.63, 3.8) is 0 Å². The average molecular weight is 1020 g/mol. The number of esters is 3. The van der Waals surface area contributed by atoms with Crippen LogP contribution in [0.5, 0.6) is 0 Å². The van der Waals surface area contributed by atoms with Crippen molar-refractivity contribution < 1.29 is 28.6 Å². The van der Waals surface area contributed by atoms with Crippen LogP contribution in [0.15, 0.2) is 48.6 Å². The zero-order chi connectivity index (χ0) is 52.9. The Morgan fingerprint density at radius 3 is 0.795 bits per heavy atom. The Balaban J connectivity index is 4.35. The Labute approximate surface area is 454 Å². The fourth-order valence-corrected chi connectivity index (χ4v) is 9.41. The van der Waals surface area contributed by atoms with E-state index in [0.29, 0.717) is 19.3 Å². The molecule has 0 aliphatic carbocycles. The Bertz CT molecular complexity index is 1270. The van der Waals surface area contributed by atoms with Crippen LogP contribution in [0, 0.1) is 0 Å². The maximum Gasteiger partial charge on any atom is 0.306 e. The normalized spacial score (nSPS) is 12.3. The quantitative estimate of drug-likeness (QED) is 0.0261. The molecule has 6 heteroatoms. The van der Waals surface area contributed by atoms with Gasteiger partial charge < -0.3 is 14.2 Å². The van der Waals surface area contributed by atoms with E-state index in [2.05, 4.69) is 69.4 Å². The fourth-order valence-electron chi connectivity index (χ4n) is 9.41. The van der Waals surface area contributed by atoms with E-state index in [4.69, 9.17) is 14.2 Å². The van der Waals surface area contributed by atoms with E-state index in [9.17, 15) is 14.4 Å². The molecule has 0 amide bonds. The van der Waals surface area contributed by atoms with Crippen LogP contribution in [0.3, 0.4) is 0 Å². The topological polar surface area (TPSA) is 78.9 Å². The highest BCUT2D eigenvalue weighted by Crippen LogP contribution is 2.17. The standard InChI is InChI=1S/C67H122O6/c1-4-7-10-13-16-19-22-25-28-31-32-33-34-37-40-43-46-49-52-55-58-61-67(70)73-64(62-71-65(68)59-56-53-50-47-44-41-38-35-29-26-23-20-17-14-11-8-5-2)63-72-66(69)60-57-54-51-48-45-42-39-36-30-27-24-21-18-15-12-9-6-3/h17,20,25-30,64H,4-16,18-19,21-24,31-63H2,1-3H3/b20-17-,28-25-,29-26-,30-27-/t64-/m1/s1. The van der Waals surface area contributed by atoms with Crippen molar-refractivity contribution in [2.75, 3.05) is 13.2 Å². The lowest BCUT2D eigenvalue weighted by Gasteiger charge is -2.18. The van der Waals surface area contributed by atoms with E-state index in [1.54, 1.807) is 0 Å². The van der Waals surface area contributed by atoms with Crippen LogP contribution >= 0.6 is 0 Å². The van der Waals surface area contributed by atoms with Gasteiger partial charge in [0.15, 0.2) is 6.10 Å². The first-order chi connectivity index (χ1) is 36.0. The molecule has 0 aromatic carbocycles. The molecule has 0 fully saturated rings. The summed E-state index contributed by atoms with van der Waals surface area (Å²) < 4.78 is 16.9. The van der Waals surface area contributed by atoms with Crippen molar-refractivity contribution in [3.8, 4) is 0 Å². The van der Waals surface area contributed by atoms with E-state index < -0.39 is 6.10 Å². The van der Waals surface area contributed by atoms with Gasteiger partial charge in [-0.2, -0.15) is 0 Å². The van der Waals surface area contributed by atoms with Gasteiger partial charge in [0.1, 0.15) is 13.2 Å². The summed E-state index contributed by atoms with van der Waals surface area (Å²) in [6, 6.07) is 0. The molecule has 426 valence electrons. The summed E-state index contributed by atoms with van der Waals surface area (Å²) in [6.45, 7) is 6.65. The molecule has 73 heavy (non-hydrogen) atoms. The highest BCUT2D eigenvalue weighted by atomic mass is 16.6. The molecular formula is C67H122O6. The molecule has 6 nitrogen and oxygen atoms in total. The van der Waals surface area contributed by atoms with Gasteiger partial charge in [0, 0.05) is 19.3 Å². The van der Waals surface area contributed by atoms with Crippen molar-refractivity contribution in [2.45, 2.75) is 348 Å². The summed E-state index contributed by atoms with van der Waals surface area (Å²) in [4.78, 5) is 38.3. The molecule has 1 atom stereocenters. The molecule has 0 heterocycles. The first-order valence-corrected chi connectivity index (χ1v) is 32.1. The predicted octanol–water partition coefficient (Wildman–Crippen LogP) is 21.8. The second kappa shape index (κ2) is 61.9. The van der Waals surface area contributed by atoms with Crippen LogP contribution in [-0.2, 0) is 28.6 Å². The third-order valence-electron chi connectivity index (χ3n) is 14.3. The molecule has 0 saturated heterocycles. The van der Waals surface area contributed by atoms with Gasteiger partial charge in [0.25, 0.3) is 0 Å². The van der Waals surface area contributed by atoms with Gasteiger partial charge in [-0.1, -0.05) is 268 Å². The van der Waals surface area contributed by atoms with Crippen LogP contribution in [0.1, 0.15) is 342 Å². The summed E-state index contributed by atoms with van der Waals surface area (Å²) in [5.74, 6) is -0.869. The van der Waals surface area contributed by atoms with Crippen molar-refractivity contribution >= 4 is 17.9 Å². The van der Waals surface area contributed by atoms with Crippen LogP contribution in [-0.4, -0.2) is 37.2 Å². The molecule has 0 aliphatic rings. The molecule has 0 aromatic rings. The summed E-state index contributed by atoms with van der Waals surface area (Å²) in [5, 5.41) is 0. The van der Waals surface area contributed by atoms with Gasteiger partial charge in [-0.15, -0.1) is 0 Å². The Kier molecular flexibility index (Phi) is 59.7. The maximum atomic E-state index is 12.9. The van der Waals surface area contributed by atoms with E-state index in [1.165, 1.54) is 231 Å². The lowest BCUT2D eigenvalue weighted by molar-refractivity contribution is -0.167. The highest BCUT2D eigenvalue weighted by Gasteiger charge is 2.19. The Morgan fingerprint density at radius 1 is 0.274 bits per heavy atom. The van der Waals surface area contributed by atoms with Gasteiger partial charge in [0.05, 0.1) is 0 Å². The lowest BCUT2D eigenvalue weighted by atomic mass is 10.0. The van der Waals surface area contributed by atoms with Crippen molar-refractivity contribution in [1.29, 1.82) is 0 Å². The molecule has 0 unspecified atom stereocenters. The molecule has 0 spiro atoms. The largest absolute Gasteiger partial charge is 0.462 e. The number of hydrogen-bond donors (Lipinski definition) is 0. The second-order valence-corrected chi connectivity index (χ2v) is 21.7. The van der Waals surface area contributed by atoms with E-state index in [-0.39, 0.29) is 31.1 Å². The molecular weight excluding hydrogens is 901 g/mol. The second-order valence-electron chi connectivity index (χ2n) is 21.7. The minimum Gasteiger partial charge on any atom is -0.462 e. The number of carbonyl (C=O) groups excluding carboxylic acids is 3. The fraction of sp³-hybridized carbons (Fsp3) is 0.836. The monoisotopic (exact) mass is 1020 g/mol. The summed E-state index contributed by atoms with van der Waals surface area (Å²) >= 11 is 0. The van der Waals surface area contributed by atoms with Gasteiger partial charge in [-0.05, 0) is 103 Å². The summed E-state index contributed by atoms with van der Waals surface area (Å²) in [5.41, 5.74) is 0. The maximum absolute atomic E-state index is 12.9. The number of hydrogen-bond acceptors (Lipinski definition) is 6. The Hall–Kier alpha value is -2.63. The highest BCUT2D eigenvalue weighted by molar-refractivity contribution is 5.71. The third-order valence-corrected chi connectivity index (χ3v) is 14.3. The number of allylic oxidation sites excluding steroid dienone is 8. The molecule has 0 aliphatic heterocycles. The van der Waals surface area contributed by atoms with Crippen molar-refractivity contribution in [1.82, 2.24) is 0 Å². The summed E-state index contributed by atoms with van der Waals surface area (Å²) in [7, 11) is 0. The van der Waals surface area contributed by atoms with Gasteiger partial charge >= 0.3 is 17.9 Å². The molecule has 0 N–H and O–H groups in total. The first kappa shape index (κ1) is 70.4. The van der Waals surface area contributed by atoms with Crippen LogP contribution in [0.4, 0.5) is 0 Å². The van der Waals surface area contributed by atoms with Gasteiger partial charge in [-0.25, -0.2) is 0 Å². The van der Waals surface area contributed by atoms with Crippen LogP contribution in [0.2, 0.25) is 0 Å². The van der Waals surface area contributed by atoms with Crippen LogP contribution in [0.25, 0.3) is 0 Å². The Morgan fingerprint density at radius 2 is 0.493 bits per heavy atom. The number of unbranched alkanes of at least 4 members (excludes halogenated alkanes) is 40. The average Bonchev–Trinajstić information content (AvgIpc) is 3.39. The smallest absolute Gasteiger partial charge is 0.306 e. The minimum absolute atomic E-state index is 0.0758. The first-order valence-electron chi connectivity index (χ1n) is 32.1. The molecule has 0 radical (unpaired) electrons. The van der Waals surface area contributed by atoms with Crippen LogP contribution < -0.4 is 0 Å². The molecule has 0 rings (SSSR count). The predicted molar refractivity (Wildman–Crippen MR) is 316 cm³/mol. The number of ether oxygens (including phenoxy) is 3. The number of rotatable bonds is 59.